The van der Waals surface area contributed by atoms with Crippen molar-refractivity contribution in [2.75, 3.05) is 0 Å². The highest BCUT2D eigenvalue weighted by Crippen LogP contribution is 2.13. The average Bonchev–Trinajstić information content (AvgIpc) is 2.81. The van der Waals surface area contributed by atoms with Crippen LogP contribution in [-0.4, -0.2) is 19.5 Å². The van der Waals surface area contributed by atoms with Crippen molar-refractivity contribution in [2.45, 2.75) is 0 Å². The quantitative estimate of drug-likeness (QED) is 0.682. The van der Waals surface area contributed by atoms with E-state index in [0.29, 0.717) is 0 Å². The normalized spacial score (nSPS) is 9.00. The molecule has 0 aliphatic rings. The Bertz CT molecular complexity index is 693. The summed E-state index contributed by atoms with van der Waals surface area (Å²) < 4.78 is 1.27. The first-order chi connectivity index (χ1) is 8.31. The van der Waals surface area contributed by atoms with Crippen LogP contribution in [0.4, 0.5) is 0 Å². The van der Waals surface area contributed by atoms with Crippen molar-refractivity contribution in [3.8, 4) is 24.0 Å². The van der Waals surface area contributed by atoms with Crippen LogP contribution in [-0.2, 0) is 0 Å². The third-order valence-corrected chi connectivity index (χ3v) is 1.99. The number of imidazole rings is 1. The van der Waals surface area contributed by atoms with Crippen molar-refractivity contribution >= 4 is 0 Å². The van der Waals surface area contributed by atoms with Crippen LogP contribution in [0.5, 0.6) is 0 Å². The monoisotopic (exact) mass is 221 g/mol. The standard InChI is InChI=1S/C10H3N7/c11-3-7-9(5-13)17(6-16-7)10-8(4-12)14-1-2-15-10/h1-2,6H. The summed E-state index contributed by atoms with van der Waals surface area (Å²) in [6.45, 7) is 0. The number of rotatable bonds is 1. The molecule has 0 radical (unpaired) electrons. The Morgan fingerprint density at radius 2 is 1.59 bits per heavy atom. The first-order valence-corrected chi connectivity index (χ1v) is 4.40. The number of hydrogen-bond acceptors (Lipinski definition) is 6. The molecule has 17 heavy (non-hydrogen) atoms. The average molecular weight is 221 g/mol. The summed E-state index contributed by atoms with van der Waals surface area (Å²) in [6, 6.07) is 5.49. The second kappa shape index (κ2) is 4.09. The molecule has 7 nitrogen and oxygen atoms in total. The third-order valence-electron chi connectivity index (χ3n) is 1.99. The molecule has 78 valence electrons. The van der Waals surface area contributed by atoms with Crippen molar-refractivity contribution in [1.82, 2.24) is 19.5 Å². The Labute approximate surface area is 95.8 Å². The predicted molar refractivity (Wildman–Crippen MR) is 53.3 cm³/mol. The zero-order valence-electron chi connectivity index (χ0n) is 8.36. The summed E-state index contributed by atoms with van der Waals surface area (Å²) in [6.07, 6.45) is 4.03. The van der Waals surface area contributed by atoms with E-state index < -0.39 is 0 Å². The van der Waals surface area contributed by atoms with Crippen LogP contribution >= 0.6 is 0 Å². The number of nitriles is 3. The lowest BCUT2D eigenvalue weighted by atomic mass is 10.3. The van der Waals surface area contributed by atoms with E-state index in [4.69, 9.17) is 15.8 Å². The highest BCUT2D eigenvalue weighted by atomic mass is 15.1. The van der Waals surface area contributed by atoms with Gasteiger partial charge in [0, 0.05) is 12.4 Å². The molecule has 0 N–H and O–H groups in total. The van der Waals surface area contributed by atoms with Gasteiger partial charge in [0.05, 0.1) is 0 Å². The molecule has 0 fully saturated rings. The lowest BCUT2D eigenvalue weighted by Crippen LogP contribution is -2.03. The van der Waals surface area contributed by atoms with Crippen LogP contribution in [0.2, 0.25) is 0 Å². The van der Waals surface area contributed by atoms with E-state index in [2.05, 4.69) is 15.0 Å². The second-order valence-electron chi connectivity index (χ2n) is 2.88. The van der Waals surface area contributed by atoms with Gasteiger partial charge in [0.2, 0.25) is 0 Å². The Kier molecular flexibility index (Phi) is 2.48. The zero-order valence-corrected chi connectivity index (χ0v) is 8.36. The summed E-state index contributed by atoms with van der Waals surface area (Å²) >= 11 is 0. The van der Waals surface area contributed by atoms with Crippen LogP contribution in [0.25, 0.3) is 5.82 Å². The minimum absolute atomic E-state index is 0.0120. The van der Waals surface area contributed by atoms with Crippen molar-refractivity contribution in [3.05, 3.63) is 35.8 Å². The van der Waals surface area contributed by atoms with E-state index in [1.54, 1.807) is 6.07 Å². The fourth-order valence-electron chi connectivity index (χ4n) is 1.28. The molecule has 2 heterocycles. The molecular formula is C10H3N7. The van der Waals surface area contributed by atoms with Gasteiger partial charge in [-0.25, -0.2) is 15.0 Å². The van der Waals surface area contributed by atoms with Gasteiger partial charge in [0.1, 0.15) is 24.5 Å². The molecule has 7 heteroatoms. The van der Waals surface area contributed by atoms with Gasteiger partial charge in [-0.1, -0.05) is 0 Å². The summed E-state index contributed by atoms with van der Waals surface area (Å²) in [7, 11) is 0. The van der Waals surface area contributed by atoms with Gasteiger partial charge in [-0.3, -0.25) is 4.57 Å². The second-order valence-corrected chi connectivity index (χ2v) is 2.88. The van der Waals surface area contributed by atoms with E-state index in [1.165, 1.54) is 23.3 Å². The van der Waals surface area contributed by atoms with E-state index in [9.17, 15) is 0 Å². The summed E-state index contributed by atoms with van der Waals surface area (Å²) in [4.78, 5) is 11.5. The maximum atomic E-state index is 8.95. The van der Waals surface area contributed by atoms with Crippen LogP contribution in [0.1, 0.15) is 17.1 Å². The third kappa shape index (κ3) is 1.56. The van der Waals surface area contributed by atoms with Crippen molar-refractivity contribution < 1.29 is 0 Å². The van der Waals surface area contributed by atoms with E-state index in [0.717, 1.165) is 0 Å². The first-order valence-electron chi connectivity index (χ1n) is 4.40. The van der Waals surface area contributed by atoms with E-state index >= 15 is 0 Å². The Balaban J connectivity index is 2.72. The molecule has 0 saturated heterocycles. The molecule has 0 atom stereocenters. The van der Waals surface area contributed by atoms with Gasteiger partial charge in [-0.15, -0.1) is 0 Å². The topological polar surface area (TPSA) is 115 Å². The fourth-order valence-corrected chi connectivity index (χ4v) is 1.28. The molecule has 0 aliphatic heterocycles. The van der Waals surface area contributed by atoms with Crippen molar-refractivity contribution in [1.29, 1.82) is 15.8 Å². The van der Waals surface area contributed by atoms with Crippen LogP contribution in [0.3, 0.4) is 0 Å². The maximum Gasteiger partial charge on any atom is 0.183 e. The molecule has 0 aliphatic carbocycles. The molecule has 2 aromatic heterocycles. The largest absolute Gasteiger partial charge is 0.271 e. The fraction of sp³-hybridized carbons (Fsp3) is 0. The molecule has 0 saturated carbocycles. The summed E-state index contributed by atoms with van der Waals surface area (Å²) in [5, 5.41) is 26.6. The van der Waals surface area contributed by atoms with Gasteiger partial charge in [-0.2, -0.15) is 15.8 Å². The van der Waals surface area contributed by atoms with Gasteiger partial charge in [0.25, 0.3) is 0 Å². The molecule has 0 spiro atoms. The Hall–Kier alpha value is -3.24. The van der Waals surface area contributed by atoms with Crippen LogP contribution < -0.4 is 0 Å². The number of hydrogen-bond donors (Lipinski definition) is 0. The van der Waals surface area contributed by atoms with Gasteiger partial charge < -0.3 is 0 Å². The molecular weight excluding hydrogens is 218 g/mol. The minimum Gasteiger partial charge on any atom is -0.271 e. The van der Waals surface area contributed by atoms with Crippen LogP contribution in [0.15, 0.2) is 18.7 Å². The maximum absolute atomic E-state index is 8.95. The molecule has 0 bridgehead atoms. The lowest BCUT2D eigenvalue weighted by molar-refractivity contribution is 0.945. The molecule has 0 aromatic carbocycles. The molecule has 0 unspecified atom stereocenters. The number of aromatic nitrogens is 4. The zero-order chi connectivity index (χ0) is 12.3. The first kappa shape index (κ1) is 10.3. The lowest BCUT2D eigenvalue weighted by Gasteiger charge is -2.02. The van der Waals surface area contributed by atoms with Crippen molar-refractivity contribution in [2.24, 2.45) is 0 Å². The van der Waals surface area contributed by atoms with Crippen molar-refractivity contribution in [3.63, 3.8) is 0 Å². The van der Waals surface area contributed by atoms with E-state index in [-0.39, 0.29) is 22.9 Å². The molecule has 2 aromatic rings. The Morgan fingerprint density at radius 1 is 0.882 bits per heavy atom. The predicted octanol–water partition coefficient (Wildman–Crippen LogP) is 0.277. The SMILES string of the molecule is N#Cc1nccnc1-n1cnc(C#N)c1C#N. The number of nitrogens with zero attached hydrogens (tertiary/aromatic N) is 7. The minimum atomic E-state index is -0.0120. The smallest absolute Gasteiger partial charge is 0.183 e. The van der Waals surface area contributed by atoms with Gasteiger partial charge in [0.15, 0.2) is 22.9 Å². The van der Waals surface area contributed by atoms with E-state index in [1.807, 2.05) is 12.1 Å². The summed E-state index contributed by atoms with van der Waals surface area (Å²) in [5.41, 5.74) is 0.0810. The van der Waals surface area contributed by atoms with Gasteiger partial charge >= 0.3 is 0 Å². The summed E-state index contributed by atoms with van der Waals surface area (Å²) in [5.74, 6) is 0.181. The Morgan fingerprint density at radius 3 is 2.24 bits per heavy atom. The van der Waals surface area contributed by atoms with Crippen LogP contribution in [0, 0.1) is 34.0 Å². The molecule has 0 amide bonds. The van der Waals surface area contributed by atoms with Gasteiger partial charge in [-0.05, 0) is 0 Å². The highest BCUT2D eigenvalue weighted by molar-refractivity contribution is 5.45. The highest BCUT2D eigenvalue weighted by Gasteiger charge is 2.15. The molecule has 2 rings (SSSR count).